The summed E-state index contributed by atoms with van der Waals surface area (Å²) in [7, 11) is 0. The normalized spacial score (nSPS) is 11.3. The highest BCUT2D eigenvalue weighted by atomic mass is 79.9. The van der Waals surface area contributed by atoms with E-state index in [1.165, 1.54) is 6.07 Å². The number of hydrogen-bond donors (Lipinski definition) is 0. The summed E-state index contributed by atoms with van der Waals surface area (Å²) in [4.78, 5) is 11.7. The van der Waals surface area contributed by atoms with Crippen LogP contribution in [0.5, 0.6) is 0 Å². The molecule has 1 aromatic carbocycles. The van der Waals surface area contributed by atoms with Crippen molar-refractivity contribution in [1.82, 2.24) is 0 Å². The van der Waals surface area contributed by atoms with Gasteiger partial charge in [-0.3, -0.25) is 4.79 Å². The molecule has 2 rings (SSSR count). The molecule has 84 valence electrons. The number of benzene rings is 1. The van der Waals surface area contributed by atoms with Crippen LogP contribution in [0.15, 0.2) is 27.1 Å². The minimum Gasteiger partial charge on any atom is -0.450 e. The number of Topliss-reactive ketones (excluding diaryl/α,β-unsaturated/α-hetero) is 1. The monoisotopic (exact) mass is 284 g/mol. The number of ketones is 1. The topological polar surface area (TPSA) is 30.2 Å². The first kappa shape index (κ1) is 11.3. The molecule has 0 amide bonds. The van der Waals surface area contributed by atoms with E-state index in [0.717, 1.165) is 0 Å². The number of furan rings is 1. The molecule has 1 heterocycles. The quantitative estimate of drug-likeness (QED) is 0.775. The van der Waals surface area contributed by atoms with E-state index >= 15 is 0 Å². The van der Waals surface area contributed by atoms with Gasteiger partial charge in [0.25, 0.3) is 0 Å². The van der Waals surface area contributed by atoms with E-state index in [1.807, 2.05) is 0 Å². The molecule has 0 aliphatic heterocycles. The molecule has 2 nitrogen and oxygen atoms in total. The zero-order valence-electron chi connectivity index (χ0n) is 8.88. The van der Waals surface area contributed by atoms with Crippen LogP contribution in [0.25, 0.3) is 11.0 Å². The minimum absolute atomic E-state index is 0.119. The van der Waals surface area contributed by atoms with Gasteiger partial charge in [-0.05, 0) is 18.2 Å². The van der Waals surface area contributed by atoms with Crippen LogP contribution in [0.3, 0.4) is 0 Å². The molecule has 0 N–H and O–H groups in total. The lowest BCUT2D eigenvalue weighted by molar-refractivity contribution is 0.0913. The molecule has 0 unspecified atom stereocenters. The van der Waals surface area contributed by atoms with E-state index in [2.05, 4.69) is 15.9 Å². The average molecular weight is 285 g/mol. The number of carbonyl (C=O) groups is 1. The Kier molecular flexibility index (Phi) is 2.84. The highest BCUT2D eigenvalue weighted by molar-refractivity contribution is 9.10. The lowest BCUT2D eigenvalue weighted by atomic mass is 10.1. The third kappa shape index (κ3) is 1.89. The SMILES string of the molecule is CC(C)C(=O)c1cc2cc(Br)cc(F)c2o1. The lowest BCUT2D eigenvalue weighted by Crippen LogP contribution is -2.05. The third-order valence-corrected chi connectivity index (χ3v) is 2.76. The fourth-order valence-corrected chi connectivity index (χ4v) is 1.93. The number of carbonyl (C=O) groups excluding carboxylic acids is 1. The molecule has 16 heavy (non-hydrogen) atoms. The van der Waals surface area contributed by atoms with Crippen molar-refractivity contribution in [3.63, 3.8) is 0 Å². The van der Waals surface area contributed by atoms with E-state index in [-0.39, 0.29) is 23.0 Å². The molecule has 1 aromatic heterocycles. The van der Waals surface area contributed by atoms with Crippen molar-refractivity contribution in [3.05, 3.63) is 34.2 Å². The van der Waals surface area contributed by atoms with Gasteiger partial charge in [-0.15, -0.1) is 0 Å². The van der Waals surface area contributed by atoms with Crippen molar-refractivity contribution >= 4 is 32.7 Å². The van der Waals surface area contributed by atoms with Gasteiger partial charge in [0, 0.05) is 15.8 Å². The highest BCUT2D eigenvalue weighted by Gasteiger charge is 2.17. The van der Waals surface area contributed by atoms with E-state index in [9.17, 15) is 9.18 Å². The smallest absolute Gasteiger partial charge is 0.200 e. The van der Waals surface area contributed by atoms with Crippen molar-refractivity contribution in [2.24, 2.45) is 5.92 Å². The second-order valence-electron chi connectivity index (χ2n) is 3.94. The zero-order chi connectivity index (χ0) is 11.9. The van der Waals surface area contributed by atoms with Gasteiger partial charge in [0.05, 0.1) is 0 Å². The van der Waals surface area contributed by atoms with E-state index in [0.29, 0.717) is 9.86 Å². The number of halogens is 2. The summed E-state index contributed by atoms with van der Waals surface area (Å²) in [6, 6.07) is 4.61. The van der Waals surface area contributed by atoms with Crippen LogP contribution < -0.4 is 0 Å². The molecule has 4 heteroatoms. The first-order chi connectivity index (χ1) is 7.49. The summed E-state index contributed by atoms with van der Waals surface area (Å²) in [6.45, 7) is 3.56. The van der Waals surface area contributed by atoms with Crippen molar-refractivity contribution in [1.29, 1.82) is 0 Å². The Morgan fingerprint density at radius 3 is 2.69 bits per heavy atom. The Morgan fingerprint density at radius 1 is 1.38 bits per heavy atom. The second-order valence-corrected chi connectivity index (χ2v) is 4.85. The van der Waals surface area contributed by atoms with Crippen LogP contribution in [0, 0.1) is 11.7 Å². The molecular weight excluding hydrogens is 275 g/mol. The first-order valence-electron chi connectivity index (χ1n) is 4.92. The van der Waals surface area contributed by atoms with Gasteiger partial charge in [-0.2, -0.15) is 0 Å². The van der Waals surface area contributed by atoms with Gasteiger partial charge in [-0.25, -0.2) is 4.39 Å². The van der Waals surface area contributed by atoms with E-state index < -0.39 is 5.82 Å². The molecule has 0 spiro atoms. The molecular formula is C12H10BrFO2. The van der Waals surface area contributed by atoms with Crippen LogP contribution >= 0.6 is 15.9 Å². The molecule has 0 radical (unpaired) electrons. The van der Waals surface area contributed by atoms with Crippen molar-refractivity contribution in [2.45, 2.75) is 13.8 Å². The van der Waals surface area contributed by atoms with Gasteiger partial charge in [0.2, 0.25) is 5.78 Å². The van der Waals surface area contributed by atoms with Crippen LogP contribution in [0.2, 0.25) is 0 Å². The van der Waals surface area contributed by atoms with Crippen molar-refractivity contribution in [2.75, 3.05) is 0 Å². The molecule has 0 saturated heterocycles. The Bertz CT molecular complexity index is 557. The molecule has 0 bridgehead atoms. The first-order valence-corrected chi connectivity index (χ1v) is 5.71. The number of rotatable bonds is 2. The Labute approximate surface area is 101 Å². The highest BCUT2D eigenvalue weighted by Crippen LogP contribution is 2.27. The van der Waals surface area contributed by atoms with Gasteiger partial charge in [-0.1, -0.05) is 29.8 Å². The average Bonchev–Trinajstić information content (AvgIpc) is 2.60. The van der Waals surface area contributed by atoms with Crippen LogP contribution in [-0.2, 0) is 0 Å². The molecule has 0 fully saturated rings. The van der Waals surface area contributed by atoms with Crippen LogP contribution in [-0.4, -0.2) is 5.78 Å². The summed E-state index contributed by atoms with van der Waals surface area (Å²) in [5, 5.41) is 0.593. The largest absolute Gasteiger partial charge is 0.450 e. The van der Waals surface area contributed by atoms with Crippen molar-refractivity contribution in [3.8, 4) is 0 Å². The molecule has 0 atom stereocenters. The summed E-state index contributed by atoms with van der Waals surface area (Å²) in [6.07, 6.45) is 0. The molecule has 2 aromatic rings. The Morgan fingerprint density at radius 2 is 2.06 bits per heavy atom. The van der Waals surface area contributed by atoms with Crippen LogP contribution in [0.1, 0.15) is 24.4 Å². The van der Waals surface area contributed by atoms with Gasteiger partial charge in [0.1, 0.15) is 0 Å². The van der Waals surface area contributed by atoms with Crippen LogP contribution in [0.4, 0.5) is 4.39 Å². The summed E-state index contributed by atoms with van der Waals surface area (Å²) < 4.78 is 19.3. The van der Waals surface area contributed by atoms with Gasteiger partial charge < -0.3 is 4.42 Å². The van der Waals surface area contributed by atoms with Gasteiger partial charge >= 0.3 is 0 Å². The van der Waals surface area contributed by atoms with Gasteiger partial charge in [0.15, 0.2) is 17.2 Å². The maximum Gasteiger partial charge on any atom is 0.200 e. The summed E-state index contributed by atoms with van der Waals surface area (Å²) in [5.74, 6) is -0.534. The molecule has 0 saturated carbocycles. The van der Waals surface area contributed by atoms with Crippen molar-refractivity contribution < 1.29 is 13.6 Å². The predicted octanol–water partition coefficient (Wildman–Crippen LogP) is 4.17. The van der Waals surface area contributed by atoms with E-state index in [1.54, 1.807) is 26.0 Å². The Hall–Kier alpha value is -1.16. The number of hydrogen-bond acceptors (Lipinski definition) is 2. The summed E-state index contributed by atoms with van der Waals surface area (Å²) >= 11 is 3.19. The fraction of sp³-hybridized carbons (Fsp3) is 0.250. The predicted molar refractivity (Wildman–Crippen MR) is 63.0 cm³/mol. The minimum atomic E-state index is -0.466. The standard InChI is InChI=1S/C12H10BrFO2/c1-6(2)11(15)10-4-7-3-8(13)5-9(14)12(7)16-10/h3-6H,1-2H3. The molecule has 0 aliphatic carbocycles. The fourth-order valence-electron chi connectivity index (χ4n) is 1.48. The molecule has 0 aliphatic rings. The lowest BCUT2D eigenvalue weighted by Gasteiger charge is -1.98. The maximum absolute atomic E-state index is 13.5. The third-order valence-electron chi connectivity index (χ3n) is 2.30. The Balaban J connectivity index is 2.60. The second kappa shape index (κ2) is 4.01. The van der Waals surface area contributed by atoms with E-state index in [4.69, 9.17) is 4.42 Å². The maximum atomic E-state index is 13.5. The zero-order valence-corrected chi connectivity index (χ0v) is 10.5. The number of fused-ring (bicyclic) bond motifs is 1. The summed E-state index contributed by atoms with van der Waals surface area (Å²) in [5.41, 5.74) is 0.132.